The van der Waals surface area contributed by atoms with Crippen molar-refractivity contribution in [2.75, 3.05) is 11.6 Å². The van der Waals surface area contributed by atoms with Crippen LogP contribution in [0.4, 0.5) is 0 Å². The van der Waals surface area contributed by atoms with Crippen molar-refractivity contribution in [1.29, 1.82) is 0 Å². The summed E-state index contributed by atoms with van der Waals surface area (Å²) in [4.78, 5) is 11.5. The first kappa shape index (κ1) is 13.2. The van der Waals surface area contributed by atoms with Crippen LogP contribution in [0.2, 0.25) is 0 Å². The van der Waals surface area contributed by atoms with Gasteiger partial charge in [0.2, 0.25) is 0 Å². The molecule has 0 atom stereocenters. The summed E-state index contributed by atoms with van der Waals surface area (Å²) in [6.07, 6.45) is 0.574. The summed E-state index contributed by atoms with van der Waals surface area (Å²) in [7, 11) is -3.20. The molecule has 0 radical (unpaired) electrons. The highest BCUT2D eigenvalue weighted by Crippen LogP contribution is 2.13. The van der Waals surface area contributed by atoms with Crippen LogP contribution in [0.3, 0.4) is 0 Å². The van der Waals surface area contributed by atoms with E-state index in [1.807, 2.05) is 6.92 Å². The second-order valence-corrected chi connectivity index (χ2v) is 5.78. The van der Waals surface area contributed by atoms with E-state index in [0.29, 0.717) is 12.0 Å². The number of carbonyl (C=O) groups is 1. The van der Waals surface area contributed by atoms with Gasteiger partial charge in [0.1, 0.15) is 0 Å². The van der Waals surface area contributed by atoms with Crippen LogP contribution in [0, 0.1) is 0 Å². The second-order valence-electron chi connectivity index (χ2n) is 3.40. The lowest BCUT2D eigenvalue weighted by Gasteiger charge is -2.03. The summed E-state index contributed by atoms with van der Waals surface area (Å²) in [6.45, 7) is 1.81. The molecule has 3 nitrogen and oxygen atoms in total. The zero-order valence-corrected chi connectivity index (χ0v) is 10.5. The van der Waals surface area contributed by atoms with Gasteiger partial charge in [-0.2, -0.15) is 0 Å². The van der Waals surface area contributed by atoms with Gasteiger partial charge < -0.3 is 0 Å². The quantitative estimate of drug-likeness (QED) is 0.603. The first-order valence-corrected chi connectivity index (χ1v) is 7.12. The zero-order valence-electron chi connectivity index (χ0n) is 8.94. The lowest BCUT2D eigenvalue weighted by molar-refractivity contribution is 0.102. The molecule has 0 aliphatic carbocycles. The van der Waals surface area contributed by atoms with Crippen molar-refractivity contribution in [2.24, 2.45) is 0 Å². The van der Waals surface area contributed by atoms with Crippen molar-refractivity contribution < 1.29 is 13.2 Å². The fourth-order valence-corrected chi connectivity index (χ4v) is 2.79. The minimum atomic E-state index is -3.20. The van der Waals surface area contributed by atoms with E-state index >= 15 is 0 Å². The van der Waals surface area contributed by atoms with Crippen molar-refractivity contribution in [3.8, 4) is 0 Å². The summed E-state index contributed by atoms with van der Waals surface area (Å²) >= 11 is 5.40. The van der Waals surface area contributed by atoms with Gasteiger partial charge in [-0.25, -0.2) is 8.42 Å². The summed E-state index contributed by atoms with van der Waals surface area (Å²) in [6, 6.07) is 5.88. The molecule has 0 aliphatic rings. The summed E-state index contributed by atoms with van der Waals surface area (Å²) < 4.78 is 23.3. The molecule has 0 fully saturated rings. The smallest absolute Gasteiger partial charge is 0.178 e. The molecule has 0 heterocycles. The fourth-order valence-electron chi connectivity index (χ4n) is 1.31. The third kappa shape index (κ3) is 3.06. The lowest BCUT2D eigenvalue weighted by Crippen LogP contribution is -2.07. The standard InChI is InChI=1S/C11H13ClO3S/c1-2-7-16(14,15)10-5-3-9(4-6-10)11(13)8-12/h3-6H,2,7-8H2,1H3. The van der Waals surface area contributed by atoms with Crippen molar-refractivity contribution in [2.45, 2.75) is 18.2 Å². The number of Topliss-reactive ketones (excluding diaryl/α,β-unsaturated/α-hetero) is 1. The number of hydrogen-bond acceptors (Lipinski definition) is 3. The van der Waals surface area contributed by atoms with Gasteiger partial charge in [0.25, 0.3) is 0 Å². The number of hydrogen-bond donors (Lipinski definition) is 0. The molecule has 0 aromatic heterocycles. The molecule has 1 aromatic carbocycles. The molecular weight excluding hydrogens is 248 g/mol. The van der Waals surface area contributed by atoms with Gasteiger partial charge in [0.15, 0.2) is 15.6 Å². The van der Waals surface area contributed by atoms with E-state index in [1.54, 1.807) is 0 Å². The molecule has 16 heavy (non-hydrogen) atoms. The molecule has 0 aliphatic heterocycles. The first-order chi connectivity index (χ1) is 7.51. The van der Waals surface area contributed by atoms with Gasteiger partial charge in [-0.05, 0) is 18.6 Å². The van der Waals surface area contributed by atoms with Crippen LogP contribution in [0.15, 0.2) is 29.2 Å². The second kappa shape index (κ2) is 5.46. The summed E-state index contributed by atoms with van der Waals surface area (Å²) in [5.74, 6) is -0.183. The lowest BCUT2D eigenvalue weighted by atomic mass is 10.1. The highest BCUT2D eigenvalue weighted by Gasteiger charge is 2.13. The predicted octanol–water partition coefficient (Wildman–Crippen LogP) is 2.29. The number of benzene rings is 1. The van der Waals surface area contributed by atoms with Crippen LogP contribution in [0.1, 0.15) is 23.7 Å². The van der Waals surface area contributed by atoms with Crippen molar-refractivity contribution >= 4 is 27.2 Å². The Bertz CT molecular complexity index is 463. The molecule has 0 N–H and O–H groups in total. The van der Waals surface area contributed by atoms with Gasteiger partial charge in [-0.15, -0.1) is 11.6 Å². The Hall–Kier alpha value is -0.870. The van der Waals surface area contributed by atoms with Gasteiger partial charge in [-0.3, -0.25) is 4.79 Å². The SMILES string of the molecule is CCCS(=O)(=O)c1ccc(C(=O)CCl)cc1. The van der Waals surface area contributed by atoms with Gasteiger partial charge in [0.05, 0.1) is 16.5 Å². The Labute approximate surface area is 100 Å². The molecule has 0 spiro atoms. The Morgan fingerprint density at radius 3 is 2.25 bits per heavy atom. The molecule has 88 valence electrons. The van der Waals surface area contributed by atoms with Crippen molar-refractivity contribution in [3.63, 3.8) is 0 Å². The zero-order chi connectivity index (χ0) is 12.2. The number of rotatable bonds is 5. The van der Waals surface area contributed by atoms with Gasteiger partial charge in [0, 0.05) is 5.56 Å². The largest absolute Gasteiger partial charge is 0.293 e. The average molecular weight is 261 g/mol. The molecule has 0 amide bonds. The molecule has 0 saturated heterocycles. The van der Waals surface area contributed by atoms with Crippen molar-refractivity contribution in [3.05, 3.63) is 29.8 Å². The Balaban J connectivity index is 3.00. The van der Waals surface area contributed by atoms with E-state index in [0.717, 1.165) is 0 Å². The molecular formula is C11H13ClO3S. The molecule has 0 saturated carbocycles. The average Bonchev–Trinajstić information content (AvgIpc) is 2.28. The number of ketones is 1. The Kier molecular flexibility index (Phi) is 4.50. The highest BCUT2D eigenvalue weighted by atomic mass is 35.5. The van der Waals surface area contributed by atoms with Crippen LogP contribution >= 0.6 is 11.6 Å². The minimum Gasteiger partial charge on any atom is -0.293 e. The van der Waals surface area contributed by atoms with Gasteiger partial charge >= 0.3 is 0 Å². The topological polar surface area (TPSA) is 51.2 Å². The molecule has 1 aromatic rings. The molecule has 5 heteroatoms. The van der Waals surface area contributed by atoms with Gasteiger partial charge in [-0.1, -0.05) is 19.1 Å². The predicted molar refractivity (Wildman–Crippen MR) is 63.8 cm³/mol. The number of sulfone groups is 1. The molecule has 1 rings (SSSR count). The van der Waals surface area contributed by atoms with E-state index in [-0.39, 0.29) is 22.3 Å². The monoisotopic (exact) mass is 260 g/mol. The maximum atomic E-state index is 11.7. The maximum Gasteiger partial charge on any atom is 0.178 e. The normalized spacial score (nSPS) is 11.4. The summed E-state index contributed by atoms with van der Waals surface area (Å²) in [5, 5.41) is 0. The van der Waals surface area contributed by atoms with Crippen molar-refractivity contribution in [1.82, 2.24) is 0 Å². The number of alkyl halides is 1. The van der Waals surface area contributed by atoms with Crippen LogP contribution in [-0.4, -0.2) is 25.8 Å². The minimum absolute atomic E-state index is 0.0962. The highest BCUT2D eigenvalue weighted by molar-refractivity contribution is 7.91. The van der Waals surface area contributed by atoms with E-state index in [4.69, 9.17) is 11.6 Å². The number of carbonyl (C=O) groups excluding carboxylic acids is 1. The third-order valence-electron chi connectivity index (χ3n) is 2.13. The summed E-state index contributed by atoms with van der Waals surface area (Å²) in [5.41, 5.74) is 0.436. The molecule has 0 bridgehead atoms. The fraction of sp³-hybridized carbons (Fsp3) is 0.364. The van der Waals surface area contributed by atoms with Crippen LogP contribution in [-0.2, 0) is 9.84 Å². The van der Waals surface area contributed by atoms with E-state index in [2.05, 4.69) is 0 Å². The molecule has 0 unspecified atom stereocenters. The van der Waals surface area contributed by atoms with Crippen LogP contribution in [0.25, 0.3) is 0 Å². The van der Waals surface area contributed by atoms with E-state index in [9.17, 15) is 13.2 Å². The van der Waals surface area contributed by atoms with Crippen LogP contribution in [0.5, 0.6) is 0 Å². The first-order valence-electron chi connectivity index (χ1n) is 4.93. The van der Waals surface area contributed by atoms with Crippen LogP contribution < -0.4 is 0 Å². The maximum absolute atomic E-state index is 11.7. The Morgan fingerprint density at radius 1 is 1.25 bits per heavy atom. The van der Waals surface area contributed by atoms with E-state index < -0.39 is 9.84 Å². The number of halogens is 1. The Morgan fingerprint density at radius 2 is 1.81 bits per heavy atom. The van der Waals surface area contributed by atoms with E-state index in [1.165, 1.54) is 24.3 Å². The third-order valence-corrected chi connectivity index (χ3v) is 4.31.